The van der Waals surface area contributed by atoms with Gasteiger partial charge >= 0.3 is 0 Å². The van der Waals surface area contributed by atoms with Gasteiger partial charge in [-0.2, -0.15) is 5.26 Å². The molecule has 1 aromatic carbocycles. The zero-order valence-corrected chi connectivity index (χ0v) is 7.69. The van der Waals surface area contributed by atoms with Gasteiger partial charge in [0.05, 0.1) is 12.5 Å². The van der Waals surface area contributed by atoms with Crippen molar-refractivity contribution >= 4 is 17.4 Å². The topological polar surface area (TPSA) is 49.8 Å². The molecule has 12 heavy (non-hydrogen) atoms. The lowest BCUT2D eigenvalue weighted by Gasteiger charge is -2.02. The van der Waals surface area contributed by atoms with Crippen LogP contribution in [0.3, 0.4) is 0 Å². The van der Waals surface area contributed by atoms with Gasteiger partial charge in [-0.3, -0.25) is 0 Å². The Bertz CT molecular complexity index is 315. The van der Waals surface area contributed by atoms with Crippen molar-refractivity contribution in [3.8, 4) is 6.07 Å². The highest BCUT2D eigenvalue weighted by atomic mass is 32.2. The van der Waals surface area contributed by atoms with E-state index >= 15 is 0 Å². The molecule has 0 aromatic heterocycles. The van der Waals surface area contributed by atoms with E-state index in [4.69, 9.17) is 11.0 Å². The molecule has 0 saturated carbocycles. The van der Waals surface area contributed by atoms with Crippen LogP contribution in [-0.2, 0) is 6.42 Å². The van der Waals surface area contributed by atoms with Crippen LogP contribution in [0.4, 0.5) is 5.69 Å². The second kappa shape index (κ2) is 4.03. The van der Waals surface area contributed by atoms with Crippen molar-refractivity contribution < 1.29 is 0 Å². The number of nitrogens with two attached hydrogens (primary N) is 1. The molecule has 0 heterocycles. The number of rotatable bonds is 2. The van der Waals surface area contributed by atoms with Crippen molar-refractivity contribution in [1.29, 1.82) is 5.26 Å². The van der Waals surface area contributed by atoms with Gasteiger partial charge in [0.2, 0.25) is 0 Å². The summed E-state index contributed by atoms with van der Waals surface area (Å²) in [6, 6.07) is 7.83. The number of nitrogen functional groups attached to an aromatic ring is 1. The van der Waals surface area contributed by atoms with Gasteiger partial charge in [-0.15, -0.1) is 11.8 Å². The summed E-state index contributed by atoms with van der Waals surface area (Å²) in [7, 11) is 0. The summed E-state index contributed by atoms with van der Waals surface area (Å²) in [5, 5.41) is 8.44. The number of thioether (sulfide) groups is 1. The smallest absolute Gasteiger partial charge is 0.0669 e. The molecule has 0 bridgehead atoms. The fourth-order valence-electron chi connectivity index (χ4n) is 0.985. The first kappa shape index (κ1) is 8.95. The number of hydrogen-bond donors (Lipinski definition) is 1. The number of anilines is 1. The summed E-state index contributed by atoms with van der Waals surface area (Å²) >= 11 is 1.61. The highest BCUT2D eigenvalue weighted by molar-refractivity contribution is 7.98. The van der Waals surface area contributed by atoms with E-state index in [-0.39, 0.29) is 0 Å². The lowest BCUT2D eigenvalue weighted by Crippen LogP contribution is -1.90. The molecule has 0 aliphatic rings. The monoisotopic (exact) mass is 178 g/mol. The van der Waals surface area contributed by atoms with Crippen LogP contribution < -0.4 is 5.73 Å². The van der Waals surface area contributed by atoms with Crippen LogP contribution in [0.15, 0.2) is 23.1 Å². The molecule has 0 amide bonds. The van der Waals surface area contributed by atoms with Crippen molar-refractivity contribution in [1.82, 2.24) is 0 Å². The van der Waals surface area contributed by atoms with Gasteiger partial charge in [0.1, 0.15) is 0 Å². The van der Waals surface area contributed by atoms with E-state index in [1.807, 2.05) is 24.5 Å². The molecule has 1 aromatic rings. The molecule has 0 aliphatic heterocycles. The van der Waals surface area contributed by atoms with Gasteiger partial charge in [0.15, 0.2) is 0 Å². The summed E-state index contributed by atoms with van der Waals surface area (Å²) in [6.45, 7) is 0. The molecular formula is C9H10N2S. The van der Waals surface area contributed by atoms with Gasteiger partial charge in [-0.25, -0.2) is 0 Å². The van der Waals surface area contributed by atoms with Gasteiger partial charge in [0.25, 0.3) is 0 Å². The molecule has 0 atom stereocenters. The van der Waals surface area contributed by atoms with E-state index in [1.54, 1.807) is 11.8 Å². The van der Waals surface area contributed by atoms with E-state index in [0.717, 1.165) is 16.1 Å². The van der Waals surface area contributed by atoms with Crippen LogP contribution >= 0.6 is 11.8 Å². The van der Waals surface area contributed by atoms with Gasteiger partial charge in [-0.1, -0.05) is 6.07 Å². The Morgan fingerprint density at radius 1 is 1.58 bits per heavy atom. The highest BCUT2D eigenvalue weighted by Crippen LogP contribution is 2.23. The third kappa shape index (κ3) is 1.93. The molecule has 62 valence electrons. The normalized spacial score (nSPS) is 9.33. The fourth-order valence-corrected chi connectivity index (χ4v) is 1.48. The van der Waals surface area contributed by atoms with Crippen LogP contribution in [0.25, 0.3) is 0 Å². The summed E-state index contributed by atoms with van der Waals surface area (Å²) in [5.74, 6) is 0. The predicted octanol–water partition coefficient (Wildman–Crippen LogP) is 2.06. The van der Waals surface area contributed by atoms with Crippen molar-refractivity contribution in [2.75, 3.05) is 12.0 Å². The Morgan fingerprint density at radius 3 is 2.83 bits per heavy atom. The van der Waals surface area contributed by atoms with E-state index in [1.165, 1.54) is 0 Å². The molecule has 0 aliphatic carbocycles. The van der Waals surface area contributed by atoms with E-state index < -0.39 is 0 Å². The van der Waals surface area contributed by atoms with E-state index in [9.17, 15) is 0 Å². The predicted molar refractivity (Wildman–Crippen MR) is 52.0 cm³/mol. The van der Waals surface area contributed by atoms with E-state index in [0.29, 0.717) is 6.42 Å². The SMILES string of the molecule is CSc1ccc(CC#N)cc1N. The van der Waals surface area contributed by atoms with Crippen LogP contribution in [-0.4, -0.2) is 6.26 Å². The minimum atomic E-state index is 0.429. The zero-order chi connectivity index (χ0) is 8.97. The maximum absolute atomic E-state index is 8.44. The highest BCUT2D eigenvalue weighted by Gasteiger charge is 1.98. The summed E-state index contributed by atoms with van der Waals surface area (Å²) < 4.78 is 0. The molecule has 0 unspecified atom stereocenters. The first-order valence-corrected chi connectivity index (χ1v) is 4.79. The lowest BCUT2D eigenvalue weighted by molar-refractivity contribution is 1.25. The summed E-state index contributed by atoms with van der Waals surface area (Å²) in [4.78, 5) is 1.07. The average molecular weight is 178 g/mol. The second-order valence-electron chi connectivity index (χ2n) is 2.41. The van der Waals surface area contributed by atoms with Gasteiger partial charge < -0.3 is 5.73 Å². The third-order valence-electron chi connectivity index (χ3n) is 1.58. The maximum atomic E-state index is 8.44. The molecule has 0 spiro atoms. The summed E-state index contributed by atoms with van der Waals surface area (Å²) in [5.41, 5.74) is 7.47. The molecule has 1 rings (SSSR count). The van der Waals surface area contributed by atoms with Crippen molar-refractivity contribution in [2.24, 2.45) is 0 Å². The standard InChI is InChI=1S/C9H10N2S/c1-12-9-3-2-7(4-5-10)6-8(9)11/h2-3,6H,4,11H2,1H3. The summed E-state index contributed by atoms with van der Waals surface area (Å²) in [6.07, 6.45) is 2.41. The molecule has 0 radical (unpaired) electrons. The van der Waals surface area contributed by atoms with Gasteiger partial charge in [0, 0.05) is 10.6 Å². The number of benzene rings is 1. The third-order valence-corrected chi connectivity index (χ3v) is 2.39. The quantitative estimate of drug-likeness (QED) is 0.557. The van der Waals surface area contributed by atoms with Crippen molar-refractivity contribution in [3.05, 3.63) is 23.8 Å². The second-order valence-corrected chi connectivity index (χ2v) is 3.26. The molecule has 3 heteroatoms. The number of nitriles is 1. The Hall–Kier alpha value is -1.14. The minimum absolute atomic E-state index is 0.429. The average Bonchev–Trinajstić information content (AvgIpc) is 2.05. The lowest BCUT2D eigenvalue weighted by atomic mass is 10.1. The van der Waals surface area contributed by atoms with Crippen LogP contribution in [0.1, 0.15) is 5.56 Å². The number of nitrogens with zero attached hydrogens (tertiary/aromatic N) is 1. The van der Waals surface area contributed by atoms with Crippen molar-refractivity contribution in [2.45, 2.75) is 11.3 Å². The van der Waals surface area contributed by atoms with Crippen LogP contribution in [0, 0.1) is 11.3 Å². The zero-order valence-electron chi connectivity index (χ0n) is 6.87. The van der Waals surface area contributed by atoms with Gasteiger partial charge in [-0.05, 0) is 24.0 Å². The van der Waals surface area contributed by atoms with Crippen LogP contribution in [0.5, 0.6) is 0 Å². The molecule has 0 fully saturated rings. The Labute approximate surface area is 76.4 Å². The fraction of sp³-hybridized carbons (Fsp3) is 0.222. The Balaban J connectivity index is 2.95. The Kier molecular flexibility index (Phi) is 3.01. The molecule has 2 N–H and O–H groups in total. The molecule has 2 nitrogen and oxygen atoms in total. The largest absolute Gasteiger partial charge is 0.398 e. The first-order chi connectivity index (χ1) is 5.77. The van der Waals surface area contributed by atoms with Crippen LogP contribution in [0.2, 0.25) is 0 Å². The Morgan fingerprint density at radius 2 is 2.33 bits per heavy atom. The first-order valence-electron chi connectivity index (χ1n) is 3.57. The minimum Gasteiger partial charge on any atom is -0.398 e. The number of hydrogen-bond acceptors (Lipinski definition) is 3. The molecular weight excluding hydrogens is 168 g/mol. The molecule has 0 saturated heterocycles. The van der Waals surface area contributed by atoms with E-state index in [2.05, 4.69) is 6.07 Å². The van der Waals surface area contributed by atoms with Crippen molar-refractivity contribution in [3.63, 3.8) is 0 Å². The maximum Gasteiger partial charge on any atom is 0.0669 e.